The van der Waals surface area contributed by atoms with Gasteiger partial charge in [-0.05, 0) is 37.6 Å². The highest BCUT2D eigenvalue weighted by Gasteiger charge is 2.20. The lowest BCUT2D eigenvalue weighted by molar-refractivity contribution is -0.142. The number of benzene rings is 1. The van der Waals surface area contributed by atoms with Crippen molar-refractivity contribution in [1.82, 2.24) is 5.32 Å². The van der Waals surface area contributed by atoms with Crippen molar-refractivity contribution in [2.45, 2.75) is 43.8 Å². The zero-order chi connectivity index (χ0) is 18.1. The molecule has 0 fully saturated rings. The number of carbonyl (C=O) groups is 3. The molecule has 0 saturated heterocycles. The summed E-state index contributed by atoms with van der Waals surface area (Å²) >= 11 is 1.38. The number of thioether (sulfide) groups is 1. The summed E-state index contributed by atoms with van der Waals surface area (Å²) in [6.07, 6.45) is 1.31. The number of nitrogens with one attached hydrogen (secondary N) is 2. The summed E-state index contributed by atoms with van der Waals surface area (Å²) in [7, 11) is 0. The Morgan fingerprint density at radius 3 is 2.33 bits per heavy atom. The normalized spacial score (nSPS) is 13.0. The van der Waals surface area contributed by atoms with Crippen LogP contribution in [0.25, 0.3) is 0 Å². The molecule has 0 saturated carbocycles. The summed E-state index contributed by atoms with van der Waals surface area (Å²) in [5.41, 5.74) is 0.702. The zero-order valence-electron chi connectivity index (χ0n) is 14.2. The van der Waals surface area contributed by atoms with Crippen molar-refractivity contribution in [2.75, 3.05) is 11.9 Å². The number of hydrogen-bond donors (Lipinski definition) is 3. The van der Waals surface area contributed by atoms with Crippen LogP contribution in [0.15, 0.2) is 29.2 Å². The van der Waals surface area contributed by atoms with Gasteiger partial charge in [0.15, 0.2) is 0 Å². The van der Waals surface area contributed by atoms with Crippen molar-refractivity contribution in [3.8, 4) is 0 Å². The van der Waals surface area contributed by atoms with Gasteiger partial charge in [-0.1, -0.05) is 13.3 Å². The quantitative estimate of drug-likeness (QED) is 0.594. The van der Waals surface area contributed by atoms with Crippen LogP contribution in [-0.2, 0) is 14.4 Å². The molecule has 132 valence electrons. The number of carboxylic acids is 1. The second kappa shape index (κ2) is 9.97. The lowest BCUT2D eigenvalue weighted by Gasteiger charge is -2.15. The maximum atomic E-state index is 12.1. The average molecular weight is 352 g/mol. The molecule has 0 aromatic heterocycles. The third-order valence-corrected chi connectivity index (χ3v) is 4.48. The van der Waals surface area contributed by atoms with Crippen LogP contribution in [0.2, 0.25) is 0 Å². The molecule has 0 aliphatic rings. The van der Waals surface area contributed by atoms with E-state index in [1.165, 1.54) is 18.7 Å². The van der Waals surface area contributed by atoms with Crippen molar-refractivity contribution >= 4 is 35.2 Å². The van der Waals surface area contributed by atoms with E-state index in [2.05, 4.69) is 10.6 Å². The fourth-order valence-corrected chi connectivity index (χ4v) is 3.00. The SMILES string of the molecule is CCCC(CNC(=O)C(C)Sc1ccc(NC(C)=O)cc1)C(=O)O. The first-order valence-electron chi connectivity index (χ1n) is 7.88. The predicted octanol–water partition coefficient (Wildman–Crippen LogP) is 2.74. The summed E-state index contributed by atoms with van der Waals surface area (Å²) in [6, 6.07) is 7.21. The van der Waals surface area contributed by atoms with E-state index in [9.17, 15) is 14.4 Å². The van der Waals surface area contributed by atoms with Gasteiger partial charge < -0.3 is 15.7 Å². The molecule has 24 heavy (non-hydrogen) atoms. The number of rotatable bonds is 9. The Balaban J connectivity index is 2.51. The lowest BCUT2D eigenvalue weighted by atomic mass is 10.0. The molecule has 1 aromatic rings. The number of carbonyl (C=O) groups excluding carboxylic acids is 2. The van der Waals surface area contributed by atoms with Crippen LogP contribution in [0.1, 0.15) is 33.6 Å². The molecule has 2 unspecified atom stereocenters. The first-order valence-corrected chi connectivity index (χ1v) is 8.76. The molecule has 2 atom stereocenters. The third kappa shape index (κ3) is 7.04. The van der Waals surface area contributed by atoms with E-state index in [-0.39, 0.29) is 23.6 Å². The van der Waals surface area contributed by atoms with Gasteiger partial charge in [-0.25, -0.2) is 0 Å². The Kier molecular flexibility index (Phi) is 8.32. The van der Waals surface area contributed by atoms with Gasteiger partial charge in [0.1, 0.15) is 0 Å². The second-order valence-electron chi connectivity index (χ2n) is 5.53. The van der Waals surface area contributed by atoms with Gasteiger partial charge in [0.05, 0.1) is 11.2 Å². The van der Waals surface area contributed by atoms with Crippen LogP contribution in [0, 0.1) is 5.92 Å². The Morgan fingerprint density at radius 1 is 1.21 bits per heavy atom. The fraction of sp³-hybridized carbons (Fsp3) is 0.471. The summed E-state index contributed by atoms with van der Waals surface area (Å²) < 4.78 is 0. The standard InChI is InChI=1S/C17H24N2O4S/c1-4-5-13(17(22)23)10-18-16(21)11(2)24-15-8-6-14(7-9-15)19-12(3)20/h6-9,11,13H,4-5,10H2,1-3H3,(H,18,21)(H,19,20)(H,22,23). The summed E-state index contributed by atoms with van der Waals surface area (Å²) in [5.74, 6) is -1.75. The molecule has 0 spiro atoms. The van der Waals surface area contributed by atoms with Crippen LogP contribution in [0.5, 0.6) is 0 Å². The Bertz CT molecular complexity index is 574. The van der Waals surface area contributed by atoms with Gasteiger partial charge in [-0.3, -0.25) is 14.4 Å². The van der Waals surface area contributed by atoms with Gasteiger partial charge in [0, 0.05) is 24.1 Å². The zero-order valence-corrected chi connectivity index (χ0v) is 15.0. The molecule has 3 N–H and O–H groups in total. The minimum absolute atomic E-state index is 0.136. The summed E-state index contributed by atoms with van der Waals surface area (Å²) in [4.78, 5) is 35.1. The molecule has 0 aliphatic carbocycles. The van der Waals surface area contributed by atoms with E-state index in [1.54, 1.807) is 19.1 Å². The third-order valence-electron chi connectivity index (χ3n) is 3.37. The number of aliphatic carboxylic acids is 1. The van der Waals surface area contributed by atoms with Crippen LogP contribution < -0.4 is 10.6 Å². The van der Waals surface area contributed by atoms with Crippen LogP contribution >= 0.6 is 11.8 Å². The maximum absolute atomic E-state index is 12.1. The summed E-state index contributed by atoms with van der Waals surface area (Å²) in [6.45, 7) is 5.28. The van der Waals surface area contributed by atoms with E-state index in [4.69, 9.17) is 5.11 Å². The molecule has 0 radical (unpaired) electrons. The molecule has 0 aliphatic heterocycles. The van der Waals surface area contributed by atoms with Gasteiger partial charge in [-0.2, -0.15) is 0 Å². The van der Waals surface area contributed by atoms with E-state index >= 15 is 0 Å². The van der Waals surface area contributed by atoms with Crippen molar-refractivity contribution in [3.63, 3.8) is 0 Å². The van der Waals surface area contributed by atoms with E-state index in [0.29, 0.717) is 12.1 Å². The van der Waals surface area contributed by atoms with E-state index in [0.717, 1.165) is 11.3 Å². The minimum atomic E-state index is -0.883. The number of anilines is 1. The van der Waals surface area contributed by atoms with E-state index < -0.39 is 11.9 Å². The smallest absolute Gasteiger partial charge is 0.308 e. The van der Waals surface area contributed by atoms with Gasteiger partial charge >= 0.3 is 5.97 Å². The predicted molar refractivity (Wildman–Crippen MR) is 95.1 cm³/mol. The maximum Gasteiger partial charge on any atom is 0.308 e. The Morgan fingerprint density at radius 2 is 1.83 bits per heavy atom. The van der Waals surface area contributed by atoms with Crippen LogP contribution in [0.4, 0.5) is 5.69 Å². The number of amides is 2. The molecule has 7 heteroatoms. The topological polar surface area (TPSA) is 95.5 Å². The van der Waals surface area contributed by atoms with Gasteiger partial charge in [0.25, 0.3) is 0 Å². The molecule has 0 bridgehead atoms. The minimum Gasteiger partial charge on any atom is -0.481 e. The molecule has 6 nitrogen and oxygen atoms in total. The van der Waals surface area contributed by atoms with Crippen molar-refractivity contribution in [3.05, 3.63) is 24.3 Å². The van der Waals surface area contributed by atoms with E-state index in [1.807, 2.05) is 19.1 Å². The first kappa shape index (κ1) is 20.0. The first-order chi connectivity index (χ1) is 11.3. The molecular formula is C17H24N2O4S. The molecular weight excluding hydrogens is 328 g/mol. The molecule has 0 heterocycles. The monoisotopic (exact) mass is 352 g/mol. The van der Waals surface area contributed by atoms with Crippen molar-refractivity contribution < 1.29 is 19.5 Å². The van der Waals surface area contributed by atoms with Gasteiger partial charge in [-0.15, -0.1) is 11.8 Å². The van der Waals surface area contributed by atoms with Crippen molar-refractivity contribution in [2.24, 2.45) is 5.92 Å². The number of hydrogen-bond acceptors (Lipinski definition) is 4. The highest BCUT2D eigenvalue weighted by molar-refractivity contribution is 8.00. The Labute approximate surface area is 146 Å². The van der Waals surface area contributed by atoms with Crippen molar-refractivity contribution in [1.29, 1.82) is 0 Å². The average Bonchev–Trinajstić information content (AvgIpc) is 2.52. The highest BCUT2D eigenvalue weighted by Crippen LogP contribution is 2.24. The number of carboxylic acid groups (broad SMARTS) is 1. The molecule has 1 rings (SSSR count). The summed E-state index contributed by atoms with van der Waals surface area (Å²) in [5, 5.41) is 14.1. The lowest BCUT2D eigenvalue weighted by Crippen LogP contribution is -2.37. The Hall–Kier alpha value is -2.02. The highest BCUT2D eigenvalue weighted by atomic mass is 32.2. The van der Waals surface area contributed by atoms with Crippen LogP contribution in [-0.4, -0.2) is 34.7 Å². The second-order valence-corrected chi connectivity index (χ2v) is 6.95. The van der Waals surface area contributed by atoms with Crippen LogP contribution in [0.3, 0.4) is 0 Å². The fourth-order valence-electron chi connectivity index (χ4n) is 2.11. The van der Waals surface area contributed by atoms with Gasteiger partial charge in [0.2, 0.25) is 11.8 Å². The largest absolute Gasteiger partial charge is 0.481 e. The molecule has 2 amide bonds. The molecule has 1 aromatic carbocycles.